The molecule has 0 bridgehead atoms. The van der Waals surface area contributed by atoms with Crippen LogP contribution in [0.3, 0.4) is 0 Å². The number of rotatable bonds is 8. The minimum Gasteiger partial charge on any atom is -0.392 e. The molecule has 112 valence electrons. The van der Waals surface area contributed by atoms with E-state index >= 15 is 0 Å². The van der Waals surface area contributed by atoms with Crippen molar-refractivity contribution in [1.29, 1.82) is 0 Å². The normalized spacial score (nSPS) is 12.1. The summed E-state index contributed by atoms with van der Waals surface area (Å²) >= 11 is 0. The van der Waals surface area contributed by atoms with Crippen LogP contribution in [-0.2, 0) is 6.61 Å². The molecule has 1 atom stereocenters. The van der Waals surface area contributed by atoms with Gasteiger partial charge in [0, 0.05) is 5.69 Å². The zero-order valence-electron chi connectivity index (χ0n) is 12.8. The lowest BCUT2D eigenvalue weighted by atomic mass is 10.00. The number of benzene rings is 2. The van der Waals surface area contributed by atoms with E-state index in [9.17, 15) is 5.11 Å². The molecule has 0 aliphatic carbocycles. The molecule has 0 aromatic heterocycles. The van der Waals surface area contributed by atoms with Gasteiger partial charge in [-0.05, 0) is 29.7 Å². The third kappa shape index (κ3) is 4.91. The van der Waals surface area contributed by atoms with E-state index in [0.717, 1.165) is 17.7 Å². The first-order valence-electron chi connectivity index (χ1n) is 7.84. The Morgan fingerprint density at radius 1 is 1.00 bits per heavy atom. The van der Waals surface area contributed by atoms with Crippen LogP contribution in [0.15, 0.2) is 54.6 Å². The van der Waals surface area contributed by atoms with E-state index in [4.69, 9.17) is 0 Å². The Labute approximate surface area is 127 Å². The lowest BCUT2D eigenvalue weighted by Crippen LogP contribution is -2.11. The summed E-state index contributed by atoms with van der Waals surface area (Å²) in [5.74, 6) is 0. The third-order valence-electron chi connectivity index (χ3n) is 3.75. The molecule has 0 heterocycles. The summed E-state index contributed by atoms with van der Waals surface area (Å²) in [6, 6.07) is 18.9. The second-order valence-corrected chi connectivity index (χ2v) is 5.46. The minimum absolute atomic E-state index is 0.0847. The fraction of sp³-hybridized carbons (Fsp3) is 0.368. The van der Waals surface area contributed by atoms with Gasteiger partial charge in [-0.3, -0.25) is 0 Å². The molecule has 0 aliphatic heterocycles. The Morgan fingerprint density at radius 3 is 2.52 bits per heavy atom. The van der Waals surface area contributed by atoms with Crippen LogP contribution < -0.4 is 5.32 Å². The molecule has 2 N–H and O–H groups in total. The van der Waals surface area contributed by atoms with Gasteiger partial charge in [0.05, 0.1) is 12.6 Å². The Kier molecular flexibility index (Phi) is 6.29. The molecule has 21 heavy (non-hydrogen) atoms. The molecule has 2 heteroatoms. The maximum Gasteiger partial charge on any atom is 0.0682 e. The molecule has 0 radical (unpaired) electrons. The summed E-state index contributed by atoms with van der Waals surface area (Å²) < 4.78 is 0. The molecule has 2 rings (SSSR count). The van der Waals surface area contributed by atoms with Crippen LogP contribution in [0.5, 0.6) is 0 Å². The highest BCUT2D eigenvalue weighted by Gasteiger charge is 2.10. The van der Waals surface area contributed by atoms with Crippen molar-refractivity contribution in [3.63, 3.8) is 0 Å². The Morgan fingerprint density at radius 2 is 1.81 bits per heavy atom. The van der Waals surface area contributed by atoms with Crippen molar-refractivity contribution in [3.05, 3.63) is 65.7 Å². The molecular formula is C19H25NO. The van der Waals surface area contributed by atoms with Crippen LogP contribution in [0.1, 0.15) is 49.8 Å². The van der Waals surface area contributed by atoms with Gasteiger partial charge in [-0.15, -0.1) is 0 Å². The van der Waals surface area contributed by atoms with Gasteiger partial charge in [0.2, 0.25) is 0 Å². The summed E-state index contributed by atoms with van der Waals surface area (Å²) in [6.45, 7) is 2.32. The number of hydrogen-bond donors (Lipinski definition) is 2. The van der Waals surface area contributed by atoms with Crippen LogP contribution in [0, 0.1) is 0 Å². The molecule has 2 aromatic rings. The number of aliphatic hydroxyl groups is 1. The topological polar surface area (TPSA) is 32.3 Å². The van der Waals surface area contributed by atoms with E-state index in [-0.39, 0.29) is 6.61 Å². The van der Waals surface area contributed by atoms with Crippen molar-refractivity contribution in [1.82, 2.24) is 0 Å². The monoisotopic (exact) mass is 283 g/mol. The van der Waals surface area contributed by atoms with E-state index < -0.39 is 0 Å². The average molecular weight is 283 g/mol. The molecule has 0 fully saturated rings. The summed E-state index contributed by atoms with van der Waals surface area (Å²) in [4.78, 5) is 0. The zero-order valence-corrected chi connectivity index (χ0v) is 12.8. The van der Waals surface area contributed by atoms with Gasteiger partial charge >= 0.3 is 0 Å². The molecule has 0 amide bonds. The zero-order chi connectivity index (χ0) is 14.9. The summed E-state index contributed by atoms with van der Waals surface area (Å²) in [5.41, 5.74) is 3.34. The molecule has 2 aromatic carbocycles. The predicted molar refractivity (Wildman–Crippen MR) is 89.3 cm³/mol. The van der Waals surface area contributed by atoms with Gasteiger partial charge in [-0.1, -0.05) is 68.7 Å². The van der Waals surface area contributed by atoms with Crippen molar-refractivity contribution in [3.8, 4) is 0 Å². The van der Waals surface area contributed by atoms with Gasteiger partial charge in [-0.2, -0.15) is 0 Å². The quantitative estimate of drug-likeness (QED) is 0.674. The van der Waals surface area contributed by atoms with Crippen LogP contribution in [0.25, 0.3) is 0 Å². The minimum atomic E-state index is 0.0847. The maximum atomic E-state index is 9.26. The van der Waals surface area contributed by atoms with Crippen molar-refractivity contribution < 1.29 is 5.11 Å². The first-order chi connectivity index (χ1) is 10.3. The SMILES string of the molecule is CCCCCC(Nc1cccc(CO)c1)c1ccccc1. The van der Waals surface area contributed by atoms with Gasteiger partial charge in [0.15, 0.2) is 0 Å². The first kappa shape index (κ1) is 15.6. The van der Waals surface area contributed by atoms with Gasteiger partial charge < -0.3 is 10.4 Å². The Bertz CT molecular complexity index is 524. The Hall–Kier alpha value is -1.80. The van der Waals surface area contributed by atoms with Crippen LogP contribution in [0.2, 0.25) is 0 Å². The average Bonchev–Trinajstić information content (AvgIpc) is 2.55. The standard InChI is InChI=1S/C19H25NO/c1-2-3-5-13-19(17-10-6-4-7-11-17)20-18-12-8-9-16(14-18)15-21/h4,6-12,14,19-21H,2-3,5,13,15H2,1H3. The molecule has 0 saturated heterocycles. The van der Waals surface area contributed by atoms with Crippen molar-refractivity contribution in [2.24, 2.45) is 0 Å². The number of unbranched alkanes of at least 4 members (excludes halogenated alkanes) is 2. The van der Waals surface area contributed by atoms with Crippen LogP contribution >= 0.6 is 0 Å². The van der Waals surface area contributed by atoms with E-state index in [1.54, 1.807) is 0 Å². The molecule has 0 spiro atoms. The highest BCUT2D eigenvalue weighted by molar-refractivity contribution is 5.47. The summed E-state index contributed by atoms with van der Waals surface area (Å²) in [5, 5.41) is 12.9. The van der Waals surface area contributed by atoms with Gasteiger partial charge in [-0.25, -0.2) is 0 Å². The summed E-state index contributed by atoms with van der Waals surface area (Å²) in [6.07, 6.45) is 4.85. The smallest absolute Gasteiger partial charge is 0.0682 e. The third-order valence-corrected chi connectivity index (χ3v) is 3.75. The number of hydrogen-bond acceptors (Lipinski definition) is 2. The molecule has 0 saturated carbocycles. The van der Waals surface area contributed by atoms with Gasteiger partial charge in [0.25, 0.3) is 0 Å². The molecular weight excluding hydrogens is 258 g/mol. The lowest BCUT2D eigenvalue weighted by Gasteiger charge is -2.21. The molecule has 2 nitrogen and oxygen atoms in total. The summed E-state index contributed by atoms with van der Waals surface area (Å²) in [7, 11) is 0. The van der Waals surface area contributed by atoms with Crippen LogP contribution in [0.4, 0.5) is 5.69 Å². The van der Waals surface area contributed by atoms with Crippen molar-refractivity contribution >= 4 is 5.69 Å². The lowest BCUT2D eigenvalue weighted by molar-refractivity contribution is 0.282. The van der Waals surface area contributed by atoms with E-state index in [1.807, 2.05) is 18.2 Å². The number of anilines is 1. The fourth-order valence-electron chi connectivity index (χ4n) is 2.57. The highest BCUT2D eigenvalue weighted by atomic mass is 16.3. The van der Waals surface area contributed by atoms with E-state index in [2.05, 4.69) is 48.6 Å². The maximum absolute atomic E-state index is 9.26. The largest absolute Gasteiger partial charge is 0.392 e. The van der Waals surface area contributed by atoms with Gasteiger partial charge in [0.1, 0.15) is 0 Å². The predicted octanol–water partition coefficient (Wildman–Crippen LogP) is 4.91. The second kappa shape index (κ2) is 8.48. The van der Waals surface area contributed by atoms with E-state index in [0.29, 0.717) is 6.04 Å². The van der Waals surface area contributed by atoms with Crippen LogP contribution in [-0.4, -0.2) is 5.11 Å². The molecule has 0 aliphatic rings. The fourth-order valence-corrected chi connectivity index (χ4v) is 2.57. The highest BCUT2D eigenvalue weighted by Crippen LogP contribution is 2.25. The van der Waals surface area contributed by atoms with Crippen molar-refractivity contribution in [2.45, 2.75) is 45.3 Å². The number of nitrogens with one attached hydrogen (secondary N) is 1. The molecule has 1 unspecified atom stereocenters. The second-order valence-electron chi connectivity index (χ2n) is 5.46. The Balaban J connectivity index is 2.11. The first-order valence-corrected chi connectivity index (χ1v) is 7.84. The number of aliphatic hydroxyl groups excluding tert-OH is 1. The van der Waals surface area contributed by atoms with E-state index in [1.165, 1.54) is 24.8 Å². The van der Waals surface area contributed by atoms with Crippen molar-refractivity contribution in [2.75, 3.05) is 5.32 Å².